The number of carbonyl (C=O) groups excluding carboxylic acids is 2. The number of hydrogen-bond acceptors (Lipinski definition) is 7. The van der Waals surface area contributed by atoms with Gasteiger partial charge in [0.2, 0.25) is 0 Å². The number of aliphatic hydroxyl groups excluding tert-OH is 2. The number of rotatable bonds is 6. The molecule has 9 unspecified atom stereocenters. The molecule has 2 N–H and O–H groups in total. The number of pyridine rings is 1. The summed E-state index contributed by atoms with van der Waals surface area (Å²) in [6, 6.07) is 3.89. The van der Waals surface area contributed by atoms with Gasteiger partial charge in [0.1, 0.15) is 12.8 Å². The third kappa shape index (κ3) is 3.49. The van der Waals surface area contributed by atoms with E-state index < -0.39 is 58.6 Å². The molecule has 0 aromatic carbocycles. The van der Waals surface area contributed by atoms with Crippen LogP contribution in [0.2, 0.25) is 0 Å². The number of nitrogens with zero attached hydrogens (tertiary/aromatic N) is 2. The van der Waals surface area contributed by atoms with Gasteiger partial charge in [0.25, 0.3) is 0 Å². The zero-order valence-corrected chi connectivity index (χ0v) is 22.4. The molecule has 0 radical (unpaired) electrons. The lowest BCUT2D eigenvalue weighted by Gasteiger charge is -2.63. The second kappa shape index (κ2) is 9.09. The summed E-state index contributed by atoms with van der Waals surface area (Å²) in [4.78, 5) is 36.2. The molecule has 0 spiro atoms. The molecule has 1 aromatic rings. The monoisotopic (exact) mass is 542 g/mol. The zero-order chi connectivity index (χ0) is 27.8. The van der Waals surface area contributed by atoms with Gasteiger partial charge in [-0.15, -0.1) is 0 Å². The van der Waals surface area contributed by atoms with Gasteiger partial charge in [0, 0.05) is 48.1 Å². The number of Topliss-reactive ketones (excluding diaryl/α,β-unsaturated/α-hetero) is 1. The summed E-state index contributed by atoms with van der Waals surface area (Å²) < 4.78 is 33.1. The third-order valence-electron chi connectivity index (χ3n) is 10.8. The molecule has 2 heterocycles. The highest BCUT2D eigenvalue weighted by molar-refractivity contribution is 6.01. The van der Waals surface area contributed by atoms with E-state index >= 15 is 8.78 Å². The molecule has 6 rings (SSSR count). The van der Waals surface area contributed by atoms with E-state index in [0.717, 1.165) is 18.4 Å². The van der Waals surface area contributed by atoms with Crippen LogP contribution in [0.5, 0.6) is 0 Å². The molecule has 0 amide bonds. The van der Waals surface area contributed by atoms with Crippen molar-refractivity contribution < 1.29 is 33.4 Å². The first kappa shape index (κ1) is 26.9. The van der Waals surface area contributed by atoms with Gasteiger partial charge in [0.15, 0.2) is 22.8 Å². The first-order chi connectivity index (χ1) is 18.5. The van der Waals surface area contributed by atoms with E-state index in [9.17, 15) is 19.8 Å². The van der Waals surface area contributed by atoms with Crippen molar-refractivity contribution in [3.8, 4) is 0 Å². The number of fused-ring (bicyclic) bond motifs is 7. The van der Waals surface area contributed by atoms with Crippen molar-refractivity contribution in [2.45, 2.75) is 69.5 Å². The van der Waals surface area contributed by atoms with Crippen LogP contribution in [-0.4, -0.2) is 75.1 Å². The summed E-state index contributed by atoms with van der Waals surface area (Å²) in [6.07, 6.45) is 6.05. The number of aromatic nitrogens is 1. The van der Waals surface area contributed by atoms with Crippen LogP contribution in [0.4, 0.5) is 8.78 Å². The molecule has 1 saturated heterocycles. The Morgan fingerprint density at radius 1 is 1.28 bits per heavy atom. The molecular formula is C30H36F2N2O5. The van der Waals surface area contributed by atoms with Gasteiger partial charge in [-0.25, -0.2) is 8.78 Å². The Morgan fingerprint density at radius 3 is 2.79 bits per heavy atom. The summed E-state index contributed by atoms with van der Waals surface area (Å²) in [6.45, 7) is 3.67. The maximum absolute atomic E-state index is 17.4. The van der Waals surface area contributed by atoms with E-state index in [1.807, 2.05) is 25.3 Å². The van der Waals surface area contributed by atoms with Gasteiger partial charge in [-0.1, -0.05) is 19.1 Å². The SMILES string of the molecule is CC12C=CC(=O)C=C1C(F)CC1C3CC4CN(CCCc5cccnc5)OC4(C(=O)CO)C3(C)CC(O)C12F. The molecule has 0 bridgehead atoms. The number of allylic oxidation sites excluding steroid dienone is 4. The second-order valence-electron chi connectivity index (χ2n) is 12.6. The lowest BCUT2D eigenvalue weighted by Crippen LogP contribution is -2.70. The van der Waals surface area contributed by atoms with Crippen molar-refractivity contribution in [3.63, 3.8) is 0 Å². The van der Waals surface area contributed by atoms with Gasteiger partial charge in [-0.05, 0) is 74.3 Å². The van der Waals surface area contributed by atoms with Crippen LogP contribution in [0, 0.1) is 28.6 Å². The fourth-order valence-corrected chi connectivity index (χ4v) is 9.08. The number of hydrogen-bond donors (Lipinski definition) is 2. The topological polar surface area (TPSA) is 100.0 Å². The van der Waals surface area contributed by atoms with Gasteiger partial charge in [-0.3, -0.25) is 19.4 Å². The number of aliphatic hydroxyl groups is 2. The van der Waals surface area contributed by atoms with Crippen molar-refractivity contribution in [3.05, 3.63) is 53.9 Å². The number of carbonyl (C=O) groups is 2. The maximum atomic E-state index is 17.4. The number of aryl methyl sites for hydroxylation is 1. The first-order valence-electron chi connectivity index (χ1n) is 13.9. The molecule has 9 heteroatoms. The van der Waals surface area contributed by atoms with E-state index in [0.29, 0.717) is 19.5 Å². The number of halogens is 2. The standard InChI is InChI=1S/C30H36F2N2O5/c1-27-8-7-20(36)12-23(27)24(31)13-22-21-11-19-16-34(10-4-6-18-5-3-9-33-15-18)39-30(19,26(38)17-35)28(21,2)14-25(37)29(22,27)32/h3,5,7-9,12,15,19,21-22,24-25,35,37H,4,6,10-11,13-14,16-17H2,1-2H3. The number of ketones is 2. The van der Waals surface area contributed by atoms with Crippen molar-refractivity contribution in [2.24, 2.45) is 28.6 Å². The minimum Gasteiger partial charge on any atom is -0.390 e. The molecule has 5 aliphatic rings. The molecule has 4 aliphatic carbocycles. The van der Waals surface area contributed by atoms with Crippen LogP contribution < -0.4 is 0 Å². The highest BCUT2D eigenvalue weighted by atomic mass is 19.1. The van der Waals surface area contributed by atoms with Crippen LogP contribution >= 0.6 is 0 Å². The van der Waals surface area contributed by atoms with Crippen LogP contribution in [0.15, 0.2) is 48.3 Å². The van der Waals surface area contributed by atoms with Crippen LogP contribution in [0.3, 0.4) is 0 Å². The van der Waals surface area contributed by atoms with Gasteiger partial charge in [0.05, 0.1) is 6.10 Å². The van der Waals surface area contributed by atoms with Gasteiger partial charge >= 0.3 is 0 Å². The number of alkyl halides is 2. The molecule has 1 aliphatic heterocycles. The zero-order valence-electron chi connectivity index (χ0n) is 22.4. The fourth-order valence-electron chi connectivity index (χ4n) is 9.08. The second-order valence-corrected chi connectivity index (χ2v) is 12.6. The summed E-state index contributed by atoms with van der Waals surface area (Å²) in [5.41, 5.74) is -4.96. The predicted molar refractivity (Wildman–Crippen MR) is 138 cm³/mol. The van der Waals surface area contributed by atoms with E-state index in [4.69, 9.17) is 4.84 Å². The molecule has 4 fully saturated rings. The molecule has 7 nitrogen and oxygen atoms in total. The van der Waals surface area contributed by atoms with E-state index in [2.05, 4.69) is 4.98 Å². The van der Waals surface area contributed by atoms with Crippen molar-refractivity contribution in [1.29, 1.82) is 0 Å². The Labute approximate surface area is 226 Å². The maximum Gasteiger partial charge on any atom is 0.192 e. The number of hydroxylamine groups is 2. The largest absolute Gasteiger partial charge is 0.390 e. The molecule has 1 aromatic heterocycles. The normalized spacial score (nSPS) is 44.8. The average molecular weight is 543 g/mol. The average Bonchev–Trinajstić information content (AvgIpc) is 3.39. The molecule has 9 atom stereocenters. The first-order valence-corrected chi connectivity index (χ1v) is 13.9. The van der Waals surface area contributed by atoms with E-state index in [1.54, 1.807) is 18.2 Å². The molecule has 210 valence electrons. The van der Waals surface area contributed by atoms with Gasteiger partial charge in [-0.2, -0.15) is 5.06 Å². The predicted octanol–water partition coefficient (Wildman–Crippen LogP) is 3.11. The molecule has 39 heavy (non-hydrogen) atoms. The minimum atomic E-state index is -2.21. The Kier molecular flexibility index (Phi) is 6.26. The highest BCUT2D eigenvalue weighted by Gasteiger charge is 2.79. The Balaban J connectivity index is 1.32. The van der Waals surface area contributed by atoms with Crippen molar-refractivity contribution in [1.82, 2.24) is 10.0 Å². The van der Waals surface area contributed by atoms with Crippen LogP contribution in [0.25, 0.3) is 0 Å². The van der Waals surface area contributed by atoms with E-state index in [1.165, 1.54) is 18.2 Å². The Bertz CT molecular complexity index is 1240. The lowest BCUT2D eigenvalue weighted by molar-refractivity contribution is -0.267. The third-order valence-corrected chi connectivity index (χ3v) is 10.8. The Hall–Kier alpha value is -2.33. The minimum absolute atomic E-state index is 0.0714. The highest BCUT2D eigenvalue weighted by Crippen LogP contribution is 2.72. The summed E-state index contributed by atoms with van der Waals surface area (Å²) in [7, 11) is 0. The summed E-state index contributed by atoms with van der Waals surface area (Å²) in [5, 5.41) is 23.4. The summed E-state index contributed by atoms with van der Waals surface area (Å²) >= 11 is 0. The van der Waals surface area contributed by atoms with Crippen molar-refractivity contribution >= 4 is 11.6 Å². The van der Waals surface area contributed by atoms with Crippen LogP contribution in [0.1, 0.15) is 45.1 Å². The molecule has 3 saturated carbocycles. The summed E-state index contributed by atoms with van der Waals surface area (Å²) in [5.74, 6) is -2.54. The smallest absolute Gasteiger partial charge is 0.192 e. The van der Waals surface area contributed by atoms with Crippen LogP contribution in [-0.2, 0) is 20.8 Å². The van der Waals surface area contributed by atoms with E-state index in [-0.39, 0.29) is 30.1 Å². The lowest BCUT2D eigenvalue weighted by atomic mass is 9.44. The Morgan fingerprint density at radius 2 is 2.08 bits per heavy atom. The van der Waals surface area contributed by atoms with Gasteiger partial charge < -0.3 is 10.2 Å². The quantitative estimate of drug-likeness (QED) is 0.570. The van der Waals surface area contributed by atoms with Crippen molar-refractivity contribution in [2.75, 3.05) is 19.7 Å². The molecular weight excluding hydrogens is 506 g/mol. The fraction of sp³-hybridized carbons (Fsp3) is 0.633.